The van der Waals surface area contributed by atoms with Gasteiger partial charge in [-0.15, -0.1) is 22.6 Å². The molecule has 0 saturated carbocycles. The van der Waals surface area contributed by atoms with Crippen LogP contribution < -0.4 is 10.1 Å². The van der Waals surface area contributed by atoms with E-state index in [0.29, 0.717) is 17.2 Å². The van der Waals surface area contributed by atoms with Gasteiger partial charge in [0.1, 0.15) is 17.4 Å². The molecule has 0 bridgehead atoms. The summed E-state index contributed by atoms with van der Waals surface area (Å²) < 4.78 is 8.08. The number of nitrogens with zero attached hydrogens (tertiary/aromatic N) is 4. The van der Waals surface area contributed by atoms with Crippen molar-refractivity contribution in [3.8, 4) is 5.75 Å². The first-order valence-electron chi connectivity index (χ1n) is 9.81. The lowest BCUT2D eigenvalue weighted by molar-refractivity contribution is 0.0704. The maximum Gasteiger partial charge on any atom is 0.257 e. The molecular formula is C20H28ClN5O2. The van der Waals surface area contributed by atoms with E-state index in [9.17, 15) is 4.79 Å². The Bertz CT molecular complexity index is 815. The first kappa shape index (κ1) is 20.6. The number of hydrogen-bond acceptors (Lipinski definition) is 5. The van der Waals surface area contributed by atoms with E-state index in [1.54, 1.807) is 0 Å². The normalized spacial score (nSPS) is 17.2. The molecule has 1 aromatic carbocycles. The molecular weight excluding hydrogens is 378 g/mol. The summed E-state index contributed by atoms with van der Waals surface area (Å²) in [5.74, 6) is 3.20. The lowest BCUT2D eigenvalue weighted by Crippen LogP contribution is -2.39. The summed E-state index contributed by atoms with van der Waals surface area (Å²) in [5.41, 5.74) is 0.649. The number of piperidine rings is 1. The second-order valence-corrected chi connectivity index (χ2v) is 7.53. The van der Waals surface area contributed by atoms with Gasteiger partial charge in [0.2, 0.25) is 0 Å². The van der Waals surface area contributed by atoms with E-state index in [1.165, 1.54) is 0 Å². The summed E-state index contributed by atoms with van der Waals surface area (Å²) in [6.45, 7) is 8.10. The highest BCUT2D eigenvalue weighted by atomic mass is 35.5. The first-order valence-corrected chi connectivity index (χ1v) is 9.81. The van der Waals surface area contributed by atoms with Crippen LogP contribution in [-0.2, 0) is 13.1 Å². The van der Waals surface area contributed by atoms with Crippen molar-refractivity contribution in [3.05, 3.63) is 41.5 Å². The van der Waals surface area contributed by atoms with E-state index in [-0.39, 0.29) is 24.4 Å². The number of ether oxygens (including phenoxy) is 1. The van der Waals surface area contributed by atoms with Crippen molar-refractivity contribution in [1.29, 1.82) is 0 Å². The molecule has 0 atom stereocenters. The SMILES string of the molecule is CC(C)Oc1ccccc1C(=O)N1CCC(c2nnc3n2CCNC3)CC1.Cl. The smallest absolute Gasteiger partial charge is 0.257 e. The Morgan fingerprint density at radius 2 is 1.93 bits per heavy atom. The van der Waals surface area contributed by atoms with Gasteiger partial charge in [-0.3, -0.25) is 4.79 Å². The molecule has 1 amide bonds. The molecule has 7 nitrogen and oxygen atoms in total. The number of hydrogen-bond donors (Lipinski definition) is 1. The summed E-state index contributed by atoms with van der Waals surface area (Å²) in [4.78, 5) is 15.0. The highest BCUT2D eigenvalue weighted by molar-refractivity contribution is 5.97. The zero-order chi connectivity index (χ0) is 18.8. The van der Waals surface area contributed by atoms with Crippen molar-refractivity contribution < 1.29 is 9.53 Å². The van der Waals surface area contributed by atoms with Crippen molar-refractivity contribution in [2.75, 3.05) is 19.6 Å². The van der Waals surface area contributed by atoms with Crippen LogP contribution in [0.3, 0.4) is 0 Å². The lowest BCUT2D eigenvalue weighted by Gasteiger charge is -2.32. The predicted molar refractivity (Wildman–Crippen MR) is 109 cm³/mol. The van der Waals surface area contributed by atoms with Gasteiger partial charge >= 0.3 is 0 Å². The second kappa shape index (κ2) is 8.92. The van der Waals surface area contributed by atoms with Crippen LogP contribution in [0.4, 0.5) is 0 Å². The molecule has 0 unspecified atom stereocenters. The third-order valence-corrected chi connectivity index (χ3v) is 5.28. The maximum absolute atomic E-state index is 13.0. The van der Waals surface area contributed by atoms with Gasteiger partial charge in [-0.25, -0.2) is 0 Å². The van der Waals surface area contributed by atoms with Gasteiger partial charge in [-0.1, -0.05) is 12.1 Å². The number of aromatic nitrogens is 3. The molecule has 8 heteroatoms. The van der Waals surface area contributed by atoms with E-state index in [1.807, 2.05) is 43.0 Å². The minimum Gasteiger partial charge on any atom is -0.490 e. The number of para-hydroxylation sites is 1. The minimum atomic E-state index is 0. The van der Waals surface area contributed by atoms with Gasteiger partial charge in [0.15, 0.2) is 0 Å². The van der Waals surface area contributed by atoms with Crippen LogP contribution in [0.15, 0.2) is 24.3 Å². The number of halogens is 1. The van der Waals surface area contributed by atoms with E-state index < -0.39 is 0 Å². The minimum absolute atomic E-state index is 0. The van der Waals surface area contributed by atoms with Crippen molar-refractivity contribution in [3.63, 3.8) is 0 Å². The molecule has 2 aromatic rings. The quantitative estimate of drug-likeness (QED) is 0.846. The van der Waals surface area contributed by atoms with Crippen LogP contribution in [0, 0.1) is 0 Å². The fraction of sp³-hybridized carbons (Fsp3) is 0.550. The maximum atomic E-state index is 13.0. The number of nitrogens with one attached hydrogen (secondary N) is 1. The van der Waals surface area contributed by atoms with Crippen molar-refractivity contribution in [2.45, 2.75) is 51.8 Å². The number of benzene rings is 1. The summed E-state index contributed by atoms with van der Waals surface area (Å²) >= 11 is 0. The van der Waals surface area contributed by atoms with Crippen LogP contribution in [0.1, 0.15) is 54.6 Å². The summed E-state index contributed by atoms with van der Waals surface area (Å²) in [6, 6.07) is 7.53. The Hall–Kier alpha value is -2.12. The lowest BCUT2D eigenvalue weighted by atomic mass is 9.95. The molecule has 4 rings (SSSR count). The molecule has 28 heavy (non-hydrogen) atoms. The number of amides is 1. The summed E-state index contributed by atoms with van der Waals surface area (Å²) in [5, 5.41) is 12.1. The number of rotatable bonds is 4. The first-order chi connectivity index (χ1) is 13.1. The second-order valence-electron chi connectivity index (χ2n) is 7.53. The van der Waals surface area contributed by atoms with E-state index in [2.05, 4.69) is 20.1 Å². The van der Waals surface area contributed by atoms with Crippen LogP contribution in [0.2, 0.25) is 0 Å². The summed E-state index contributed by atoms with van der Waals surface area (Å²) in [6.07, 6.45) is 1.88. The fourth-order valence-electron chi connectivity index (χ4n) is 3.93. The highest BCUT2D eigenvalue weighted by Gasteiger charge is 2.30. The van der Waals surface area contributed by atoms with Gasteiger partial charge in [-0.2, -0.15) is 0 Å². The van der Waals surface area contributed by atoms with Crippen LogP contribution in [0.25, 0.3) is 0 Å². The number of fused-ring (bicyclic) bond motifs is 1. The Balaban J connectivity index is 0.00000225. The van der Waals surface area contributed by atoms with Crippen molar-refractivity contribution in [2.24, 2.45) is 0 Å². The van der Waals surface area contributed by atoms with Gasteiger partial charge in [-0.05, 0) is 38.8 Å². The average Bonchev–Trinajstić information content (AvgIpc) is 3.12. The van der Waals surface area contributed by atoms with Crippen LogP contribution in [-0.4, -0.2) is 51.3 Å². The molecule has 152 valence electrons. The zero-order valence-electron chi connectivity index (χ0n) is 16.4. The Labute approximate surface area is 171 Å². The van der Waals surface area contributed by atoms with Gasteiger partial charge < -0.3 is 19.5 Å². The topological polar surface area (TPSA) is 72.3 Å². The van der Waals surface area contributed by atoms with E-state index in [0.717, 1.165) is 57.2 Å². The molecule has 0 spiro atoms. The molecule has 1 saturated heterocycles. The predicted octanol–water partition coefficient (Wildman–Crippen LogP) is 2.61. The van der Waals surface area contributed by atoms with E-state index in [4.69, 9.17) is 4.74 Å². The van der Waals surface area contributed by atoms with Gasteiger partial charge in [0, 0.05) is 32.1 Å². The number of likely N-dealkylation sites (tertiary alicyclic amines) is 1. The molecule has 2 aliphatic heterocycles. The summed E-state index contributed by atoms with van der Waals surface area (Å²) in [7, 11) is 0. The van der Waals surface area contributed by atoms with E-state index >= 15 is 0 Å². The zero-order valence-corrected chi connectivity index (χ0v) is 17.2. The van der Waals surface area contributed by atoms with Crippen LogP contribution >= 0.6 is 12.4 Å². The molecule has 3 heterocycles. The number of carbonyl (C=O) groups is 1. The van der Waals surface area contributed by atoms with Crippen LogP contribution in [0.5, 0.6) is 5.75 Å². The average molecular weight is 406 g/mol. The third-order valence-electron chi connectivity index (χ3n) is 5.28. The molecule has 1 aromatic heterocycles. The van der Waals surface area contributed by atoms with Gasteiger partial charge in [0.05, 0.1) is 18.2 Å². The molecule has 1 N–H and O–H groups in total. The Kier molecular flexibility index (Phi) is 6.57. The van der Waals surface area contributed by atoms with Crippen molar-refractivity contribution in [1.82, 2.24) is 25.0 Å². The third kappa shape index (κ3) is 4.15. The Morgan fingerprint density at radius 1 is 1.18 bits per heavy atom. The highest BCUT2D eigenvalue weighted by Crippen LogP contribution is 2.30. The molecule has 0 radical (unpaired) electrons. The molecule has 1 fully saturated rings. The monoisotopic (exact) mass is 405 g/mol. The molecule has 0 aliphatic carbocycles. The van der Waals surface area contributed by atoms with Crippen molar-refractivity contribution >= 4 is 18.3 Å². The standard InChI is InChI=1S/C20H27N5O2.ClH/c1-14(2)27-17-6-4-3-5-16(17)20(26)24-10-7-15(8-11-24)19-23-22-18-13-21-9-12-25(18)19;/h3-6,14-15,21H,7-13H2,1-2H3;1H. The Morgan fingerprint density at radius 3 is 2.68 bits per heavy atom. The van der Waals surface area contributed by atoms with Gasteiger partial charge in [0.25, 0.3) is 5.91 Å². The fourth-order valence-corrected chi connectivity index (χ4v) is 3.93. The largest absolute Gasteiger partial charge is 0.490 e. The molecule has 2 aliphatic rings. The number of carbonyl (C=O) groups excluding carboxylic acids is 1.